The summed E-state index contributed by atoms with van der Waals surface area (Å²) >= 11 is 0. The second kappa shape index (κ2) is 7.18. The molecule has 5 heteroatoms. The minimum absolute atomic E-state index is 0.367. The number of piperazine rings is 1. The van der Waals surface area contributed by atoms with Crippen LogP contribution in [0.1, 0.15) is 44.6 Å². The summed E-state index contributed by atoms with van der Waals surface area (Å²) in [6.07, 6.45) is 1.13. The summed E-state index contributed by atoms with van der Waals surface area (Å²) in [5.41, 5.74) is 6.91. The first-order chi connectivity index (χ1) is 10.0. The van der Waals surface area contributed by atoms with Crippen LogP contribution in [0.3, 0.4) is 0 Å². The minimum atomic E-state index is 0.367. The van der Waals surface area contributed by atoms with Crippen LogP contribution in [0.4, 0.5) is 5.82 Å². The quantitative estimate of drug-likeness (QED) is 0.896. The fourth-order valence-corrected chi connectivity index (χ4v) is 2.88. The Balaban J connectivity index is 2.05. The van der Waals surface area contributed by atoms with Gasteiger partial charge in [-0.3, -0.25) is 4.90 Å². The van der Waals surface area contributed by atoms with Crippen LogP contribution in [0.5, 0.6) is 0 Å². The maximum Gasteiger partial charge on any atom is 0.133 e. The maximum absolute atomic E-state index is 5.86. The van der Waals surface area contributed by atoms with Gasteiger partial charge in [0, 0.05) is 56.4 Å². The van der Waals surface area contributed by atoms with Crippen molar-refractivity contribution >= 4 is 5.82 Å². The molecule has 0 aromatic carbocycles. The van der Waals surface area contributed by atoms with Crippen LogP contribution in [0.15, 0.2) is 6.07 Å². The smallest absolute Gasteiger partial charge is 0.133 e. The van der Waals surface area contributed by atoms with Gasteiger partial charge in [0.2, 0.25) is 0 Å². The highest BCUT2D eigenvalue weighted by molar-refractivity contribution is 5.40. The van der Waals surface area contributed by atoms with E-state index in [2.05, 4.69) is 48.5 Å². The van der Waals surface area contributed by atoms with Gasteiger partial charge in [0.1, 0.15) is 11.6 Å². The van der Waals surface area contributed by atoms with Gasteiger partial charge in [-0.2, -0.15) is 0 Å². The third-order valence-electron chi connectivity index (χ3n) is 4.27. The van der Waals surface area contributed by atoms with E-state index in [1.807, 2.05) is 0 Å². The first-order valence-corrected chi connectivity index (χ1v) is 8.09. The third-order valence-corrected chi connectivity index (χ3v) is 4.27. The highest BCUT2D eigenvalue weighted by Crippen LogP contribution is 2.19. The molecule has 1 aliphatic heterocycles. The van der Waals surface area contributed by atoms with Crippen LogP contribution >= 0.6 is 0 Å². The summed E-state index contributed by atoms with van der Waals surface area (Å²) in [6, 6.07) is 2.62. The molecule has 1 fully saturated rings. The lowest BCUT2D eigenvalue weighted by molar-refractivity contribution is 0.184. The molecule has 0 saturated carbocycles. The molecule has 0 aliphatic carbocycles. The van der Waals surface area contributed by atoms with Crippen LogP contribution in [0.2, 0.25) is 0 Å². The Labute approximate surface area is 128 Å². The highest BCUT2D eigenvalue weighted by atomic mass is 15.3. The SMILES string of the molecule is CCC(CN)N1CCN(c2cc(C)nc(C(C)C)n2)CC1. The van der Waals surface area contributed by atoms with E-state index in [4.69, 9.17) is 10.7 Å². The summed E-state index contributed by atoms with van der Waals surface area (Å²) in [7, 11) is 0. The van der Waals surface area contributed by atoms with E-state index in [1.165, 1.54) is 0 Å². The fraction of sp³-hybridized carbons (Fsp3) is 0.750. The normalized spacial score (nSPS) is 18.3. The predicted molar refractivity (Wildman–Crippen MR) is 87.8 cm³/mol. The third kappa shape index (κ3) is 3.92. The molecule has 2 rings (SSSR count). The van der Waals surface area contributed by atoms with Crippen molar-refractivity contribution in [3.05, 3.63) is 17.6 Å². The zero-order valence-corrected chi connectivity index (χ0v) is 13.8. The lowest BCUT2D eigenvalue weighted by Gasteiger charge is -2.39. The molecule has 2 N–H and O–H groups in total. The molecule has 1 aliphatic rings. The number of aryl methyl sites for hydroxylation is 1. The van der Waals surface area contributed by atoms with Gasteiger partial charge in [-0.1, -0.05) is 20.8 Å². The van der Waals surface area contributed by atoms with Gasteiger partial charge in [-0.15, -0.1) is 0 Å². The van der Waals surface area contributed by atoms with E-state index >= 15 is 0 Å². The average Bonchev–Trinajstić information content (AvgIpc) is 2.48. The van der Waals surface area contributed by atoms with Crippen LogP contribution in [0.25, 0.3) is 0 Å². The predicted octanol–water partition coefficient (Wildman–Crippen LogP) is 1.77. The summed E-state index contributed by atoms with van der Waals surface area (Å²) in [6.45, 7) is 13.5. The Morgan fingerprint density at radius 1 is 1.19 bits per heavy atom. The molecule has 0 radical (unpaired) electrons. The molecule has 0 bridgehead atoms. The Kier molecular flexibility index (Phi) is 5.53. The standard InChI is InChI=1S/C16H29N5/c1-5-14(11-17)20-6-8-21(9-7-20)15-10-13(4)18-16(19-15)12(2)3/h10,12,14H,5-9,11,17H2,1-4H3. The Bertz CT molecular complexity index is 448. The molecule has 1 aromatic rings. The molecule has 2 heterocycles. The number of aromatic nitrogens is 2. The topological polar surface area (TPSA) is 58.3 Å². The first kappa shape index (κ1) is 16.2. The zero-order chi connectivity index (χ0) is 15.4. The van der Waals surface area contributed by atoms with Crippen molar-refractivity contribution in [3.8, 4) is 0 Å². The molecule has 0 amide bonds. The monoisotopic (exact) mass is 291 g/mol. The van der Waals surface area contributed by atoms with Crippen LogP contribution < -0.4 is 10.6 Å². The molecular formula is C16H29N5. The summed E-state index contributed by atoms with van der Waals surface area (Å²) < 4.78 is 0. The molecule has 0 spiro atoms. The molecule has 1 aromatic heterocycles. The van der Waals surface area contributed by atoms with Gasteiger partial charge >= 0.3 is 0 Å². The average molecular weight is 291 g/mol. The molecule has 21 heavy (non-hydrogen) atoms. The fourth-order valence-electron chi connectivity index (χ4n) is 2.88. The van der Waals surface area contributed by atoms with Crippen molar-refractivity contribution in [1.29, 1.82) is 0 Å². The summed E-state index contributed by atoms with van der Waals surface area (Å²) in [4.78, 5) is 14.2. The van der Waals surface area contributed by atoms with Crippen molar-refractivity contribution in [2.75, 3.05) is 37.6 Å². The summed E-state index contributed by atoms with van der Waals surface area (Å²) in [5.74, 6) is 2.39. The van der Waals surface area contributed by atoms with E-state index in [1.54, 1.807) is 0 Å². The molecule has 5 nitrogen and oxygen atoms in total. The minimum Gasteiger partial charge on any atom is -0.354 e. The Morgan fingerprint density at radius 3 is 2.38 bits per heavy atom. The van der Waals surface area contributed by atoms with Crippen molar-refractivity contribution in [2.45, 2.75) is 46.1 Å². The van der Waals surface area contributed by atoms with Gasteiger partial charge in [-0.05, 0) is 13.3 Å². The van der Waals surface area contributed by atoms with Gasteiger partial charge in [0.05, 0.1) is 0 Å². The van der Waals surface area contributed by atoms with Crippen molar-refractivity contribution in [3.63, 3.8) is 0 Å². The molecular weight excluding hydrogens is 262 g/mol. The van der Waals surface area contributed by atoms with Crippen LogP contribution in [0, 0.1) is 6.92 Å². The number of hydrogen-bond acceptors (Lipinski definition) is 5. The lowest BCUT2D eigenvalue weighted by Crippen LogP contribution is -2.52. The van der Waals surface area contributed by atoms with Gasteiger partial charge in [0.15, 0.2) is 0 Å². The number of anilines is 1. The van der Waals surface area contributed by atoms with Crippen molar-refractivity contribution < 1.29 is 0 Å². The van der Waals surface area contributed by atoms with Gasteiger partial charge in [0.25, 0.3) is 0 Å². The van der Waals surface area contributed by atoms with E-state index < -0.39 is 0 Å². The van der Waals surface area contributed by atoms with Gasteiger partial charge in [-0.25, -0.2) is 9.97 Å². The van der Waals surface area contributed by atoms with E-state index in [-0.39, 0.29) is 0 Å². The Hall–Kier alpha value is -1.20. The highest BCUT2D eigenvalue weighted by Gasteiger charge is 2.23. The zero-order valence-electron chi connectivity index (χ0n) is 13.8. The van der Waals surface area contributed by atoms with Gasteiger partial charge < -0.3 is 10.6 Å². The number of nitrogens with two attached hydrogens (primary N) is 1. The maximum atomic E-state index is 5.86. The second-order valence-electron chi connectivity index (χ2n) is 6.20. The van der Waals surface area contributed by atoms with E-state index in [0.29, 0.717) is 12.0 Å². The molecule has 1 atom stereocenters. The molecule has 118 valence electrons. The Morgan fingerprint density at radius 2 is 1.86 bits per heavy atom. The van der Waals surface area contributed by atoms with Crippen LogP contribution in [-0.2, 0) is 0 Å². The number of hydrogen-bond donors (Lipinski definition) is 1. The van der Waals surface area contributed by atoms with E-state index in [9.17, 15) is 0 Å². The van der Waals surface area contributed by atoms with Crippen molar-refractivity contribution in [1.82, 2.24) is 14.9 Å². The lowest BCUT2D eigenvalue weighted by atomic mass is 10.1. The van der Waals surface area contributed by atoms with Crippen molar-refractivity contribution in [2.24, 2.45) is 5.73 Å². The largest absolute Gasteiger partial charge is 0.354 e. The van der Waals surface area contributed by atoms with Crippen LogP contribution in [-0.4, -0.2) is 53.6 Å². The summed E-state index contributed by atoms with van der Waals surface area (Å²) in [5, 5.41) is 0. The number of nitrogens with zero attached hydrogens (tertiary/aromatic N) is 4. The molecule has 1 unspecified atom stereocenters. The first-order valence-electron chi connectivity index (χ1n) is 8.09. The van der Waals surface area contributed by atoms with E-state index in [0.717, 1.165) is 56.5 Å². The number of rotatable bonds is 5. The molecule has 1 saturated heterocycles. The second-order valence-corrected chi connectivity index (χ2v) is 6.20.